The highest BCUT2D eigenvalue weighted by molar-refractivity contribution is 4.65. The SMILES string of the molecule is CCC(CC(C)C)OC(CC)CC(C)C. The lowest BCUT2D eigenvalue weighted by molar-refractivity contribution is -0.0341. The van der Waals surface area contributed by atoms with Gasteiger partial charge in [0.15, 0.2) is 0 Å². The van der Waals surface area contributed by atoms with E-state index < -0.39 is 0 Å². The lowest BCUT2D eigenvalue weighted by atomic mass is 10.0. The predicted octanol–water partition coefficient (Wildman–Crippen LogP) is 4.65. The van der Waals surface area contributed by atoms with Gasteiger partial charge < -0.3 is 4.74 Å². The maximum absolute atomic E-state index is 6.17. The maximum Gasteiger partial charge on any atom is 0.0578 e. The fourth-order valence-electron chi connectivity index (χ4n) is 1.96. The second-order valence-corrected chi connectivity index (χ2v) is 5.46. The van der Waals surface area contributed by atoms with Crippen molar-refractivity contribution in [3.63, 3.8) is 0 Å². The number of ether oxygens (including phenoxy) is 1. The zero-order valence-corrected chi connectivity index (χ0v) is 11.5. The van der Waals surface area contributed by atoms with Crippen LogP contribution in [0.15, 0.2) is 0 Å². The first-order valence-electron chi connectivity index (χ1n) is 6.64. The second kappa shape index (κ2) is 8.15. The Morgan fingerprint density at radius 3 is 1.27 bits per heavy atom. The Morgan fingerprint density at radius 2 is 1.07 bits per heavy atom. The molecule has 0 aromatic heterocycles. The Labute approximate surface area is 96.6 Å². The number of rotatable bonds is 8. The molecule has 1 heteroatoms. The van der Waals surface area contributed by atoms with Crippen LogP contribution in [0.1, 0.15) is 67.2 Å². The highest BCUT2D eigenvalue weighted by Crippen LogP contribution is 2.19. The van der Waals surface area contributed by atoms with Gasteiger partial charge in [-0.2, -0.15) is 0 Å². The van der Waals surface area contributed by atoms with Crippen LogP contribution >= 0.6 is 0 Å². The highest BCUT2D eigenvalue weighted by atomic mass is 16.5. The minimum atomic E-state index is 0.466. The molecule has 0 rings (SSSR count). The Morgan fingerprint density at radius 1 is 0.733 bits per heavy atom. The fraction of sp³-hybridized carbons (Fsp3) is 1.00. The summed E-state index contributed by atoms with van der Waals surface area (Å²) in [5.74, 6) is 1.48. The molecule has 0 radical (unpaired) electrons. The van der Waals surface area contributed by atoms with Crippen molar-refractivity contribution in [1.29, 1.82) is 0 Å². The van der Waals surface area contributed by atoms with E-state index in [4.69, 9.17) is 4.74 Å². The Hall–Kier alpha value is -0.0400. The summed E-state index contributed by atoms with van der Waals surface area (Å²) >= 11 is 0. The third kappa shape index (κ3) is 7.84. The molecule has 1 nitrogen and oxygen atoms in total. The van der Waals surface area contributed by atoms with Gasteiger partial charge in [0.1, 0.15) is 0 Å². The third-order valence-corrected chi connectivity index (χ3v) is 2.76. The van der Waals surface area contributed by atoms with Gasteiger partial charge in [-0.25, -0.2) is 0 Å². The molecule has 0 aromatic rings. The van der Waals surface area contributed by atoms with Crippen LogP contribution in [0.4, 0.5) is 0 Å². The molecule has 0 heterocycles. The number of hydrogen-bond acceptors (Lipinski definition) is 1. The van der Waals surface area contributed by atoms with Gasteiger partial charge in [0, 0.05) is 0 Å². The Balaban J connectivity index is 3.99. The summed E-state index contributed by atoms with van der Waals surface area (Å²) in [6.07, 6.45) is 5.62. The van der Waals surface area contributed by atoms with Crippen molar-refractivity contribution < 1.29 is 4.74 Å². The van der Waals surface area contributed by atoms with Crippen molar-refractivity contribution in [2.75, 3.05) is 0 Å². The van der Waals surface area contributed by atoms with Crippen molar-refractivity contribution in [3.05, 3.63) is 0 Å². The van der Waals surface area contributed by atoms with Crippen LogP contribution in [0.25, 0.3) is 0 Å². The molecule has 0 aromatic carbocycles. The molecule has 0 saturated carbocycles. The molecule has 0 aliphatic carbocycles. The van der Waals surface area contributed by atoms with E-state index in [1.807, 2.05) is 0 Å². The van der Waals surface area contributed by atoms with E-state index in [9.17, 15) is 0 Å². The molecule has 92 valence electrons. The maximum atomic E-state index is 6.17. The fourth-order valence-corrected chi connectivity index (χ4v) is 1.96. The molecule has 0 bridgehead atoms. The normalized spacial score (nSPS) is 16.0. The summed E-state index contributed by atoms with van der Waals surface area (Å²) in [6, 6.07) is 0. The average Bonchev–Trinajstić information content (AvgIpc) is 2.14. The second-order valence-electron chi connectivity index (χ2n) is 5.46. The first-order valence-corrected chi connectivity index (χ1v) is 6.64. The van der Waals surface area contributed by atoms with Crippen molar-refractivity contribution in [3.8, 4) is 0 Å². The van der Waals surface area contributed by atoms with E-state index >= 15 is 0 Å². The summed E-state index contributed by atoms with van der Waals surface area (Å²) < 4.78 is 6.17. The molecule has 0 saturated heterocycles. The van der Waals surface area contributed by atoms with Gasteiger partial charge in [-0.1, -0.05) is 41.5 Å². The van der Waals surface area contributed by atoms with Crippen molar-refractivity contribution in [2.24, 2.45) is 11.8 Å². The van der Waals surface area contributed by atoms with E-state index in [2.05, 4.69) is 41.5 Å². The molecular weight excluding hydrogens is 184 g/mol. The van der Waals surface area contributed by atoms with Gasteiger partial charge >= 0.3 is 0 Å². The molecule has 0 fully saturated rings. The summed E-state index contributed by atoms with van der Waals surface area (Å²) in [5.41, 5.74) is 0. The molecule has 15 heavy (non-hydrogen) atoms. The number of hydrogen-bond donors (Lipinski definition) is 0. The van der Waals surface area contributed by atoms with Crippen LogP contribution in [-0.4, -0.2) is 12.2 Å². The van der Waals surface area contributed by atoms with Crippen LogP contribution in [0.2, 0.25) is 0 Å². The largest absolute Gasteiger partial charge is 0.375 e. The minimum absolute atomic E-state index is 0.466. The molecule has 2 atom stereocenters. The van der Waals surface area contributed by atoms with Crippen molar-refractivity contribution >= 4 is 0 Å². The first kappa shape index (κ1) is 15.0. The van der Waals surface area contributed by atoms with E-state index in [1.165, 1.54) is 12.8 Å². The summed E-state index contributed by atoms with van der Waals surface area (Å²) in [4.78, 5) is 0. The summed E-state index contributed by atoms with van der Waals surface area (Å²) in [7, 11) is 0. The molecule has 0 aliphatic heterocycles. The van der Waals surface area contributed by atoms with Gasteiger partial charge in [0.2, 0.25) is 0 Å². The molecule has 0 aliphatic rings. The van der Waals surface area contributed by atoms with Crippen molar-refractivity contribution in [2.45, 2.75) is 79.4 Å². The molecule has 2 unspecified atom stereocenters. The molecular formula is C14H30O. The topological polar surface area (TPSA) is 9.23 Å². The summed E-state index contributed by atoms with van der Waals surface area (Å²) in [6.45, 7) is 13.6. The van der Waals surface area contributed by atoms with Gasteiger partial charge in [0.05, 0.1) is 12.2 Å². The lowest BCUT2D eigenvalue weighted by Gasteiger charge is -2.25. The zero-order valence-electron chi connectivity index (χ0n) is 11.5. The van der Waals surface area contributed by atoms with Crippen LogP contribution in [0, 0.1) is 11.8 Å². The van der Waals surface area contributed by atoms with E-state index in [0.29, 0.717) is 12.2 Å². The standard InChI is InChI=1S/C14H30O/c1-7-13(9-11(3)4)15-14(8-2)10-12(5)6/h11-14H,7-10H2,1-6H3. The molecule has 0 spiro atoms. The first-order chi connectivity index (χ1) is 6.99. The van der Waals surface area contributed by atoms with Crippen LogP contribution < -0.4 is 0 Å². The van der Waals surface area contributed by atoms with Gasteiger partial charge in [-0.3, -0.25) is 0 Å². The Bertz CT molecular complexity index is 124. The lowest BCUT2D eigenvalue weighted by Crippen LogP contribution is -2.24. The van der Waals surface area contributed by atoms with Gasteiger partial charge in [-0.15, -0.1) is 0 Å². The van der Waals surface area contributed by atoms with E-state index in [-0.39, 0.29) is 0 Å². The van der Waals surface area contributed by atoms with Crippen LogP contribution in [-0.2, 0) is 4.74 Å². The molecule has 0 amide bonds. The van der Waals surface area contributed by atoms with E-state index in [0.717, 1.165) is 24.7 Å². The predicted molar refractivity (Wildman–Crippen MR) is 68.2 cm³/mol. The van der Waals surface area contributed by atoms with Gasteiger partial charge in [0.25, 0.3) is 0 Å². The highest BCUT2D eigenvalue weighted by Gasteiger charge is 2.16. The quantitative estimate of drug-likeness (QED) is 0.571. The van der Waals surface area contributed by atoms with Crippen LogP contribution in [0.5, 0.6) is 0 Å². The van der Waals surface area contributed by atoms with Gasteiger partial charge in [-0.05, 0) is 37.5 Å². The zero-order chi connectivity index (χ0) is 11.8. The molecule has 0 N–H and O–H groups in total. The van der Waals surface area contributed by atoms with E-state index in [1.54, 1.807) is 0 Å². The smallest absolute Gasteiger partial charge is 0.0578 e. The minimum Gasteiger partial charge on any atom is -0.375 e. The summed E-state index contributed by atoms with van der Waals surface area (Å²) in [5, 5.41) is 0. The third-order valence-electron chi connectivity index (χ3n) is 2.76. The van der Waals surface area contributed by atoms with Crippen molar-refractivity contribution in [1.82, 2.24) is 0 Å². The average molecular weight is 214 g/mol. The van der Waals surface area contributed by atoms with Crippen LogP contribution in [0.3, 0.4) is 0 Å². The Kier molecular flexibility index (Phi) is 8.13. The monoisotopic (exact) mass is 214 g/mol.